The standard InChI is InChI=1S/C15H24ClNOS/c1-14(2)7-9-15(18-4,10-8-14)13(17-3)11-5-6-12(16)19-11/h5-6,13,17H,7-10H2,1-4H3. The summed E-state index contributed by atoms with van der Waals surface area (Å²) < 4.78 is 6.83. The van der Waals surface area contributed by atoms with E-state index in [1.807, 2.05) is 20.2 Å². The third kappa shape index (κ3) is 3.15. The first-order valence-electron chi connectivity index (χ1n) is 6.90. The third-order valence-electron chi connectivity index (χ3n) is 4.55. The molecule has 1 heterocycles. The largest absolute Gasteiger partial charge is 0.376 e. The number of ether oxygens (including phenoxy) is 1. The zero-order chi connectivity index (χ0) is 14.1. The van der Waals surface area contributed by atoms with Crippen molar-refractivity contribution in [1.29, 1.82) is 0 Å². The Kier molecular flexibility index (Phi) is 4.61. The molecule has 1 unspecified atom stereocenters. The second kappa shape index (κ2) is 5.72. The van der Waals surface area contributed by atoms with E-state index >= 15 is 0 Å². The van der Waals surface area contributed by atoms with Gasteiger partial charge in [-0.2, -0.15) is 0 Å². The fraction of sp³-hybridized carbons (Fsp3) is 0.733. The highest BCUT2D eigenvalue weighted by atomic mass is 35.5. The number of thiophene rings is 1. The molecule has 2 rings (SSSR count). The fourth-order valence-corrected chi connectivity index (χ4v) is 4.39. The molecule has 0 spiro atoms. The van der Waals surface area contributed by atoms with Crippen molar-refractivity contribution in [2.75, 3.05) is 14.2 Å². The molecule has 0 amide bonds. The van der Waals surface area contributed by atoms with Crippen LogP contribution in [0.15, 0.2) is 12.1 Å². The summed E-state index contributed by atoms with van der Waals surface area (Å²) in [6.45, 7) is 4.70. The van der Waals surface area contributed by atoms with Gasteiger partial charge >= 0.3 is 0 Å². The maximum atomic E-state index is 6.08. The zero-order valence-electron chi connectivity index (χ0n) is 12.3. The molecule has 0 bridgehead atoms. The van der Waals surface area contributed by atoms with Crippen LogP contribution in [0.4, 0.5) is 0 Å². The van der Waals surface area contributed by atoms with Gasteiger partial charge in [-0.1, -0.05) is 25.4 Å². The number of methoxy groups -OCH3 is 1. The summed E-state index contributed by atoms with van der Waals surface area (Å²) in [7, 11) is 3.86. The molecule has 1 aromatic heterocycles. The molecule has 0 aliphatic heterocycles. The smallest absolute Gasteiger partial charge is 0.0931 e. The Hall–Kier alpha value is -0.0900. The van der Waals surface area contributed by atoms with Crippen LogP contribution in [0.25, 0.3) is 0 Å². The van der Waals surface area contributed by atoms with Crippen molar-refractivity contribution >= 4 is 22.9 Å². The average molecular weight is 302 g/mol. The maximum absolute atomic E-state index is 6.08. The molecule has 1 aliphatic carbocycles. The van der Waals surface area contributed by atoms with E-state index in [9.17, 15) is 0 Å². The van der Waals surface area contributed by atoms with E-state index in [4.69, 9.17) is 16.3 Å². The molecule has 19 heavy (non-hydrogen) atoms. The van der Waals surface area contributed by atoms with Crippen LogP contribution in [0.2, 0.25) is 4.34 Å². The zero-order valence-corrected chi connectivity index (χ0v) is 13.8. The second-order valence-corrected chi connectivity index (χ2v) is 8.04. The number of hydrogen-bond acceptors (Lipinski definition) is 3. The summed E-state index contributed by atoms with van der Waals surface area (Å²) in [6, 6.07) is 4.32. The quantitative estimate of drug-likeness (QED) is 0.874. The van der Waals surface area contributed by atoms with Crippen LogP contribution in [-0.2, 0) is 4.74 Å². The van der Waals surface area contributed by atoms with Crippen molar-refractivity contribution in [2.24, 2.45) is 5.41 Å². The van der Waals surface area contributed by atoms with E-state index in [0.717, 1.165) is 17.2 Å². The Labute approximate surface area is 125 Å². The highest BCUT2D eigenvalue weighted by Crippen LogP contribution is 2.48. The van der Waals surface area contributed by atoms with Crippen molar-refractivity contribution < 1.29 is 4.74 Å². The van der Waals surface area contributed by atoms with Crippen LogP contribution >= 0.6 is 22.9 Å². The molecular weight excluding hydrogens is 278 g/mol. The van der Waals surface area contributed by atoms with E-state index < -0.39 is 0 Å². The van der Waals surface area contributed by atoms with Crippen LogP contribution in [0, 0.1) is 5.41 Å². The van der Waals surface area contributed by atoms with Gasteiger partial charge in [-0.3, -0.25) is 0 Å². The van der Waals surface area contributed by atoms with E-state index in [1.54, 1.807) is 11.3 Å². The number of rotatable bonds is 4. The number of nitrogens with one attached hydrogen (secondary N) is 1. The van der Waals surface area contributed by atoms with Crippen molar-refractivity contribution in [3.05, 3.63) is 21.3 Å². The maximum Gasteiger partial charge on any atom is 0.0931 e. The van der Waals surface area contributed by atoms with Crippen LogP contribution < -0.4 is 5.32 Å². The van der Waals surface area contributed by atoms with Crippen molar-refractivity contribution in [2.45, 2.75) is 51.2 Å². The lowest BCUT2D eigenvalue weighted by Crippen LogP contribution is -2.48. The molecule has 2 nitrogen and oxygen atoms in total. The summed E-state index contributed by atoms with van der Waals surface area (Å²) >= 11 is 7.74. The van der Waals surface area contributed by atoms with Crippen molar-refractivity contribution in [3.8, 4) is 0 Å². The lowest BCUT2D eigenvalue weighted by molar-refractivity contribution is -0.0854. The number of likely N-dealkylation sites (N-methyl/N-ethyl adjacent to an activating group) is 1. The van der Waals surface area contributed by atoms with Crippen molar-refractivity contribution in [3.63, 3.8) is 0 Å². The van der Waals surface area contributed by atoms with Gasteiger partial charge in [-0.15, -0.1) is 11.3 Å². The first kappa shape index (κ1) is 15.3. The first-order valence-corrected chi connectivity index (χ1v) is 8.09. The minimum atomic E-state index is -0.0988. The normalized spacial score (nSPS) is 23.2. The van der Waals surface area contributed by atoms with Gasteiger partial charge in [0.25, 0.3) is 0 Å². The Morgan fingerprint density at radius 3 is 2.32 bits per heavy atom. The van der Waals surface area contributed by atoms with E-state index in [2.05, 4.69) is 25.2 Å². The second-order valence-electron chi connectivity index (χ2n) is 6.30. The summed E-state index contributed by atoms with van der Waals surface area (Å²) in [5.41, 5.74) is 0.339. The number of halogens is 1. The summed E-state index contributed by atoms with van der Waals surface area (Å²) in [4.78, 5) is 1.27. The predicted octanol–water partition coefficient (Wildman–Crippen LogP) is 4.65. The molecule has 4 heteroatoms. The first-order chi connectivity index (χ1) is 8.92. The average Bonchev–Trinajstić information content (AvgIpc) is 2.79. The molecule has 1 N–H and O–H groups in total. The van der Waals surface area contributed by atoms with Crippen molar-refractivity contribution in [1.82, 2.24) is 5.32 Å². The molecule has 0 radical (unpaired) electrons. The lowest BCUT2D eigenvalue weighted by atomic mass is 9.68. The molecule has 108 valence electrons. The van der Waals surface area contributed by atoms with Crippen LogP contribution in [0.3, 0.4) is 0 Å². The SMILES string of the molecule is CNC(c1ccc(Cl)s1)C1(OC)CCC(C)(C)CC1. The summed E-state index contributed by atoms with van der Waals surface area (Å²) in [5.74, 6) is 0. The van der Waals surface area contributed by atoms with Gasteiger partial charge in [0.2, 0.25) is 0 Å². The molecular formula is C15H24ClNOS. The Morgan fingerprint density at radius 2 is 1.89 bits per heavy atom. The molecule has 1 saturated carbocycles. The van der Waals surface area contributed by atoms with Gasteiger partial charge in [0.1, 0.15) is 0 Å². The van der Waals surface area contributed by atoms with Gasteiger partial charge in [0, 0.05) is 12.0 Å². The number of hydrogen-bond donors (Lipinski definition) is 1. The Morgan fingerprint density at radius 1 is 1.26 bits per heavy atom. The Balaban J connectivity index is 2.24. The lowest BCUT2D eigenvalue weighted by Gasteiger charge is -2.46. The fourth-order valence-electron chi connectivity index (χ4n) is 3.11. The highest BCUT2D eigenvalue weighted by molar-refractivity contribution is 7.16. The van der Waals surface area contributed by atoms with E-state index in [0.29, 0.717) is 5.41 Å². The van der Waals surface area contributed by atoms with Gasteiger partial charge < -0.3 is 10.1 Å². The van der Waals surface area contributed by atoms with Gasteiger partial charge in [0.05, 0.1) is 16.0 Å². The third-order valence-corrected chi connectivity index (χ3v) is 5.85. The van der Waals surface area contributed by atoms with Gasteiger partial charge in [-0.25, -0.2) is 0 Å². The monoisotopic (exact) mass is 301 g/mol. The van der Waals surface area contributed by atoms with E-state index in [1.165, 1.54) is 17.7 Å². The molecule has 0 saturated heterocycles. The topological polar surface area (TPSA) is 21.3 Å². The predicted molar refractivity (Wildman–Crippen MR) is 83.1 cm³/mol. The van der Waals surface area contributed by atoms with Crippen LogP contribution in [0.1, 0.15) is 50.4 Å². The molecule has 1 aromatic rings. The minimum Gasteiger partial charge on any atom is -0.376 e. The van der Waals surface area contributed by atoms with Crippen LogP contribution in [0.5, 0.6) is 0 Å². The van der Waals surface area contributed by atoms with Gasteiger partial charge in [-0.05, 0) is 50.3 Å². The highest BCUT2D eigenvalue weighted by Gasteiger charge is 2.44. The van der Waals surface area contributed by atoms with E-state index in [-0.39, 0.29) is 11.6 Å². The summed E-state index contributed by atoms with van der Waals surface area (Å²) in [6.07, 6.45) is 4.60. The molecule has 0 aromatic carbocycles. The van der Waals surface area contributed by atoms with Gasteiger partial charge in [0.15, 0.2) is 0 Å². The molecule has 1 aliphatic rings. The van der Waals surface area contributed by atoms with Crippen LogP contribution in [-0.4, -0.2) is 19.8 Å². The minimum absolute atomic E-state index is 0.0988. The molecule has 1 fully saturated rings. The summed E-state index contributed by atoms with van der Waals surface area (Å²) in [5, 5.41) is 3.45. The molecule has 1 atom stereocenters. The Bertz CT molecular complexity index is 420.